The normalized spacial score (nSPS) is 11.2. The number of H-pyrrole nitrogens is 1. The minimum Gasteiger partial charge on any atom is -0.350 e. The molecule has 0 bridgehead atoms. The highest BCUT2D eigenvalue weighted by atomic mass is 16.2. The molecule has 120 valence electrons. The Morgan fingerprint density at radius 3 is 2.87 bits per heavy atom. The summed E-state index contributed by atoms with van der Waals surface area (Å²) in [5.41, 5.74) is 1.12. The molecule has 6 nitrogen and oxygen atoms in total. The van der Waals surface area contributed by atoms with Crippen molar-refractivity contribution in [3.63, 3.8) is 0 Å². The van der Waals surface area contributed by atoms with Gasteiger partial charge in [-0.25, -0.2) is 4.68 Å². The van der Waals surface area contributed by atoms with Gasteiger partial charge in [-0.1, -0.05) is 31.5 Å². The molecule has 0 aliphatic carbocycles. The molecule has 3 rings (SSSR count). The Morgan fingerprint density at radius 2 is 2.09 bits per heavy atom. The summed E-state index contributed by atoms with van der Waals surface area (Å²) < 4.78 is 1.22. The van der Waals surface area contributed by atoms with Crippen LogP contribution in [0.4, 0.5) is 0 Å². The first-order chi connectivity index (χ1) is 11.1. The van der Waals surface area contributed by atoms with E-state index in [-0.39, 0.29) is 18.0 Å². The highest BCUT2D eigenvalue weighted by molar-refractivity contribution is 6.06. The first-order valence-corrected chi connectivity index (χ1v) is 7.82. The number of nitrogens with one attached hydrogen (secondary N) is 1. The zero-order chi connectivity index (χ0) is 16.4. The van der Waals surface area contributed by atoms with Crippen LogP contribution in [0.2, 0.25) is 0 Å². The Kier molecular flexibility index (Phi) is 4.14. The van der Waals surface area contributed by atoms with Crippen LogP contribution in [0.1, 0.15) is 19.8 Å². The third kappa shape index (κ3) is 2.84. The van der Waals surface area contributed by atoms with Gasteiger partial charge in [0.15, 0.2) is 0 Å². The van der Waals surface area contributed by atoms with Gasteiger partial charge in [0.1, 0.15) is 12.1 Å². The van der Waals surface area contributed by atoms with E-state index in [4.69, 9.17) is 0 Å². The van der Waals surface area contributed by atoms with Crippen molar-refractivity contribution in [1.82, 2.24) is 19.7 Å². The summed E-state index contributed by atoms with van der Waals surface area (Å²) in [5.74, 6) is -0.108. The average Bonchev–Trinajstić information content (AvgIpc) is 2.94. The van der Waals surface area contributed by atoms with Crippen molar-refractivity contribution in [2.45, 2.75) is 26.3 Å². The average molecular weight is 312 g/mol. The molecule has 2 aromatic heterocycles. The molecule has 0 saturated carbocycles. The number of carbonyl (C=O) groups is 1. The topological polar surface area (TPSA) is 71.0 Å². The van der Waals surface area contributed by atoms with E-state index in [1.807, 2.05) is 24.3 Å². The fraction of sp³-hybridized carbons (Fsp3) is 0.353. The summed E-state index contributed by atoms with van der Waals surface area (Å²) in [7, 11) is 1.75. The SMILES string of the molecule is CCCCN(C)C(=O)Cn1ncc2c([nH]c3ccccc32)c1=O. The van der Waals surface area contributed by atoms with Crippen molar-refractivity contribution in [3.8, 4) is 0 Å². The molecule has 1 amide bonds. The molecule has 0 saturated heterocycles. The Labute approximate surface area is 133 Å². The molecular formula is C17H20N4O2. The van der Waals surface area contributed by atoms with Crippen LogP contribution >= 0.6 is 0 Å². The molecule has 0 unspecified atom stereocenters. The van der Waals surface area contributed by atoms with Crippen LogP contribution in [0.15, 0.2) is 35.3 Å². The van der Waals surface area contributed by atoms with E-state index in [0.717, 1.165) is 29.1 Å². The number of fused-ring (bicyclic) bond motifs is 3. The monoisotopic (exact) mass is 312 g/mol. The largest absolute Gasteiger partial charge is 0.350 e. The Bertz CT molecular complexity index is 910. The molecule has 2 heterocycles. The van der Waals surface area contributed by atoms with Crippen molar-refractivity contribution >= 4 is 27.7 Å². The van der Waals surface area contributed by atoms with E-state index in [1.54, 1.807) is 18.1 Å². The van der Waals surface area contributed by atoms with Gasteiger partial charge in [-0.3, -0.25) is 9.59 Å². The number of amides is 1. The molecule has 6 heteroatoms. The maximum atomic E-state index is 12.6. The fourth-order valence-corrected chi connectivity index (χ4v) is 2.66. The number of unbranched alkanes of at least 4 members (excludes halogenated alkanes) is 1. The lowest BCUT2D eigenvalue weighted by Gasteiger charge is -2.16. The standard InChI is InChI=1S/C17H20N4O2/c1-3-4-9-20(2)15(22)11-21-17(23)16-13(10-18-21)12-7-5-6-8-14(12)19-16/h5-8,10,19H,3-4,9,11H2,1-2H3. The second-order valence-electron chi connectivity index (χ2n) is 5.74. The number of hydrogen-bond acceptors (Lipinski definition) is 3. The molecule has 1 aromatic carbocycles. The number of hydrogen-bond donors (Lipinski definition) is 1. The predicted octanol–water partition coefficient (Wildman–Crippen LogP) is 2.14. The molecule has 0 fully saturated rings. The second kappa shape index (κ2) is 6.24. The fourth-order valence-electron chi connectivity index (χ4n) is 2.66. The van der Waals surface area contributed by atoms with Crippen molar-refractivity contribution < 1.29 is 4.79 Å². The molecular weight excluding hydrogens is 292 g/mol. The van der Waals surface area contributed by atoms with Crippen LogP contribution in [-0.2, 0) is 11.3 Å². The van der Waals surface area contributed by atoms with Crippen LogP contribution in [0.25, 0.3) is 21.8 Å². The van der Waals surface area contributed by atoms with Gasteiger partial charge in [0, 0.05) is 29.9 Å². The molecule has 0 aliphatic rings. The van der Waals surface area contributed by atoms with E-state index < -0.39 is 0 Å². The lowest BCUT2D eigenvalue weighted by atomic mass is 10.2. The van der Waals surface area contributed by atoms with Crippen molar-refractivity contribution in [2.24, 2.45) is 0 Å². The number of aromatic amines is 1. The van der Waals surface area contributed by atoms with Gasteiger partial charge in [-0.2, -0.15) is 5.10 Å². The predicted molar refractivity (Wildman–Crippen MR) is 90.4 cm³/mol. The van der Waals surface area contributed by atoms with Gasteiger partial charge in [0.25, 0.3) is 5.56 Å². The lowest BCUT2D eigenvalue weighted by Crippen LogP contribution is -2.35. The molecule has 3 aromatic rings. The van der Waals surface area contributed by atoms with Crippen LogP contribution in [0.3, 0.4) is 0 Å². The van der Waals surface area contributed by atoms with Gasteiger partial charge in [0.2, 0.25) is 5.91 Å². The quantitative estimate of drug-likeness (QED) is 0.784. The highest BCUT2D eigenvalue weighted by Crippen LogP contribution is 2.21. The number of benzene rings is 1. The summed E-state index contributed by atoms with van der Waals surface area (Å²) in [6.45, 7) is 2.73. The third-order valence-corrected chi connectivity index (χ3v) is 4.08. The summed E-state index contributed by atoms with van der Waals surface area (Å²) >= 11 is 0. The van der Waals surface area contributed by atoms with Crippen LogP contribution in [0.5, 0.6) is 0 Å². The highest BCUT2D eigenvalue weighted by Gasteiger charge is 2.14. The van der Waals surface area contributed by atoms with Crippen LogP contribution in [0, 0.1) is 0 Å². The number of rotatable bonds is 5. The first kappa shape index (κ1) is 15.3. The maximum Gasteiger partial charge on any atom is 0.291 e. The summed E-state index contributed by atoms with van der Waals surface area (Å²) in [5, 5.41) is 5.92. The summed E-state index contributed by atoms with van der Waals surface area (Å²) in [6.07, 6.45) is 3.62. The molecule has 0 atom stereocenters. The van der Waals surface area contributed by atoms with Gasteiger partial charge < -0.3 is 9.88 Å². The maximum absolute atomic E-state index is 12.6. The zero-order valence-corrected chi connectivity index (χ0v) is 13.4. The summed E-state index contributed by atoms with van der Waals surface area (Å²) in [6, 6.07) is 7.70. The van der Waals surface area contributed by atoms with Gasteiger partial charge >= 0.3 is 0 Å². The van der Waals surface area contributed by atoms with Gasteiger partial charge in [-0.15, -0.1) is 0 Å². The third-order valence-electron chi connectivity index (χ3n) is 4.08. The first-order valence-electron chi connectivity index (χ1n) is 7.82. The smallest absolute Gasteiger partial charge is 0.291 e. The molecule has 23 heavy (non-hydrogen) atoms. The Balaban J connectivity index is 1.93. The minimum atomic E-state index is -0.268. The van der Waals surface area contributed by atoms with E-state index in [2.05, 4.69) is 17.0 Å². The summed E-state index contributed by atoms with van der Waals surface area (Å²) in [4.78, 5) is 29.5. The van der Waals surface area contributed by atoms with Crippen LogP contribution < -0.4 is 5.56 Å². The van der Waals surface area contributed by atoms with E-state index >= 15 is 0 Å². The second-order valence-corrected chi connectivity index (χ2v) is 5.74. The molecule has 0 spiro atoms. The van der Waals surface area contributed by atoms with Gasteiger partial charge in [0.05, 0.1) is 6.20 Å². The van der Waals surface area contributed by atoms with Crippen molar-refractivity contribution in [1.29, 1.82) is 0 Å². The Morgan fingerprint density at radius 1 is 1.30 bits per heavy atom. The van der Waals surface area contributed by atoms with E-state index in [0.29, 0.717) is 12.1 Å². The number of nitrogens with zero attached hydrogens (tertiary/aromatic N) is 3. The van der Waals surface area contributed by atoms with Crippen molar-refractivity contribution in [3.05, 3.63) is 40.8 Å². The molecule has 0 aliphatic heterocycles. The lowest BCUT2D eigenvalue weighted by molar-refractivity contribution is -0.130. The molecule has 1 N–H and O–H groups in total. The number of carbonyl (C=O) groups excluding carboxylic acids is 1. The number of likely N-dealkylation sites (N-methyl/N-ethyl adjacent to an activating group) is 1. The number of aromatic nitrogens is 3. The Hall–Kier alpha value is -2.63. The van der Waals surface area contributed by atoms with Gasteiger partial charge in [-0.05, 0) is 12.5 Å². The minimum absolute atomic E-state index is 0.0373. The van der Waals surface area contributed by atoms with Crippen LogP contribution in [-0.4, -0.2) is 39.2 Å². The van der Waals surface area contributed by atoms with E-state index in [9.17, 15) is 9.59 Å². The zero-order valence-electron chi connectivity index (χ0n) is 13.4. The van der Waals surface area contributed by atoms with E-state index in [1.165, 1.54) is 4.68 Å². The number of para-hydroxylation sites is 1. The van der Waals surface area contributed by atoms with Crippen molar-refractivity contribution in [2.75, 3.05) is 13.6 Å². The molecule has 0 radical (unpaired) electrons.